The van der Waals surface area contributed by atoms with Crippen molar-refractivity contribution >= 4 is 33.0 Å². The van der Waals surface area contributed by atoms with Gasteiger partial charge in [0.15, 0.2) is 0 Å². The van der Waals surface area contributed by atoms with Crippen LogP contribution in [0.1, 0.15) is 30.7 Å². The number of thiophene rings is 1. The Bertz CT molecular complexity index is 459. The smallest absolute Gasteiger partial charge is 0.212 e. The molecule has 0 saturated heterocycles. The topological polar surface area (TPSA) is 58.2 Å². The summed E-state index contributed by atoms with van der Waals surface area (Å²) < 4.78 is 27.0. The summed E-state index contributed by atoms with van der Waals surface area (Å²) in [6, 6.07) is 3.40. The second-order valence-corrected chi connectivity index (χ2v) is 7.73. The highest BCUT2D eigenvalue weighted by Crippen LogP contribution is 2.27. The molecule has 1 heterocycles. The molecule has 1 rings (SSSR count). The van der Waals surface area contributed by atoms with E-state index in [1.807, 2.05) is 20.0 Å². The molecule has 7 heteroatoms. The highest BCUT2D eigenvalue weighted by molar-refractivity contribution is 7.89. The summed E-state index contributed by atoms with van der Waals surface area (Å²) in [6.07, 6.45) is 1.52. The van der Waals surface area contributed by atoms with Crippen LogP contribution in [0, 0.1) is 0 Å². The summed E-state index contributed by atoms with van der Waals surface area (Å²) in [6.45, 7) is 2.67. The zero-order chi connectivity index (χ0) is 13.6. The highest BCUT2D eigenvalue weighted by atomic mass is 35.5. The van der Waals surface area contributed by atoms with Gasteiger partial charge in [0.05, 0.1) is 16.1 Å². The van der Waals surface area contributed by atoms with Gasteiger partial charge in [-0.25, -0.2) is 13.1 Å². The van der Waals surface area contributed by atoms with E-state index in [0.717, 1.165) is 17.8 Å². The first-order valence-corrected chi connectivity index (χ1v) is 8.69. The van der Waals surface area contributed by atoms with E-state index in [-0.39, 0.29) is 11.8 Å². The molecule has 4 nitrogen and oxygen atoms in total. The summed E-state index contributed by atoms with van der Waals surface area (Å²) in [7, 11) is -1.36. The Balaban J connectivity index is 2.44. The van der Waals surface area contributed by atoms with E-state index < -0.39 is 10.0 Å². The molecule has 2 N–H and O–H groups in total. The molecule has 0 saturated carbocycles. The van der Waals surface area contributed by atoms with Gasteiger partial charge in [0, 0.05) is 4.88 Å². The molecule has 0 bridgehead atoms. The van der Waals surface area contributed by atoms with E-state index >= 15 is 0 Å². The average molecular weight is 311 g/mol. The average Bonchev–Trinajstić information content (AvgIpc) is 2.71. The molecule has 0 aliphatic rings. The summed E-state index contributed by atoms with van der Waals surface area (Å²) in [5, 5.41) is 3.00. The SMILES string of the molecule is CNCCCCS(=O)(=O)NC(C)c1ccc(Cl)s1. The maximum Gasteiger partial charge on any atom is 0.212 e. The number of nitrogens with one attached hydrogen (secondary N) is 2. The van der Waals surface area contributed by atoms with Crippen molar-refractivity contribution in [2.45, 2.75) is 25.8 Å². The lowest BCUT2D eigenvalue weighted by Crippen LogP contribution is -2.29. The van der Waals surface area contributed by atoms with E-state index in [1.165, 1.54) is 11.3 Å². The molecule has 0 spiro atoms. The van der Waals surface area contributed by atoms with Crippen LogP contribution in [-0.4, -0.2) is 27.8 Å². The van der Waals surface area contributed by atoms with Gasteiger partial charge in [-0.15, -0.1) is 11.3 Å². The lowest BCUT2D eigenvalue weighted by molar-refractivity contribution is 0.563. The van der Waals surface area contributed by atoms with Crippen LogP contribution in [0.15, 0.2) is 12.1 Å². The van der Waals surface area contributed by atoms with Crippen LogP contribution >= 0.6 is 22.9 Å². The van der Waals surface area contributed by atoms with Crippen molar-refractivity contribution in [2.24, 2.45) is 0 Å². The van der Waals surface area contributed by atoms with Crippen molar-refractivity contribution in [2.75, 3.05) is 19.3 Å². The highest BCUT2D eigenvalue weighted by Gasteiger charge is 2.16. The molecule has 1 aromatic heterocycles. The van der Waals surface area contributed by atoms with E-state index in [4.69, 9.17) is 11.6 Å². The number of hydrogen-bond donors (Lipinski definition) is 2. The van der Waals surface area contributed by atoms with Gasteiger partial charge in [-0.1, -0.05) is 11.6 Å². The molecular formula is C11H19ClN2O2S2. The van der Waals surface area contributed by atoms with Gasteiger partial charge in [-0.05, 0) is 45.5 Å². The Hall–Kier alpha value is -0.140. The second-order valence-electron chi connectivity index (χ2n) is 4.11. The minimum atomic E-state index is -3.21. The molecule has 18 heavy (non-hydrogen) atoms. The first-order valence-electron chi connectivity index (χ1n) is 5.84. The first-order chi connectivity index (χ1) is 8.44. The number of halogens is 1. The molecule has 1 atom stereocenters. The van der Waals surface area contributed by atoms with Crippen molar-refractivity contribution in [1.29, 1.82) is 0 Å². The van der Waals surface area contributed by atoms with Gasteiger partial charge in [0.1, 0.15) is 0 Å². The number of hydrogen-bond acceptors (Lipinski definition) is 4. The standard InChI is InChI=1S/C11H19ClN2O2S2/c1-9(10-5-6-11(12)17-10)14-18(15,16)8-4-3-7-13-2/h5-6,9,13-14H,3-4,7-8H2,1-2H3. The van der Waals surface area contributed by atoms with Crippen molar-refractivity contribution in [3.63, 3.8) is 0 Å². The maximum absolute atomic E-state index is 11.8. The van der Waals surface area contributed by atoms with Crippen molar-refractivity contribution in [3.05, 3.63) is 21.3 Å². The summed E-state index contributed by atoms with van der Waals surface area (Å²) in [5.74, 6) is 0.165. The molecule has 1 unspecified atom stereocenters. The Kier molecular flexibility index (Phi) is 6.59. The summed E-state index contributed by atoms with van der Waals surface area (Å²) in [5.41, 5.74) is 0. The molecule has 0 aromatic carbocycles. The van der Waals surface area contributed by atoms with E-state index in [2.05, 4.69) is 10.0 Å². The van der Waals surface area contributed by atoms with Crippen LogP contribution in [0.4, 0.5) is 0 Å². The Morgan fingerprint density at radius 2 is 2.11 bits per heavy atom. The minimum Gasteiger partial charge on any atom is -0.320 e. The van der Waals surface area contributed by atoms with Crippen LogP contribution in [0.25, 0.3) is 0 Å². The van der Waals surface area contributed by atoms with Crippen LogP contribution in [0.3, 0.4) is 0 Å². The second kappa shape index (κ2) is 7.45. The van der Waals surface area contributed by atoms with E-state index in [0.29, 0.717) is 10.8 Å². The van der Waals surface area contributed by atoms with Gasteiger partial charge >= 0.3 is 0 Å². The molecular weight excluding hydrogens is 292 g/mol. The third-order valence-corrected chi connectivity index (χ3v) is 5.42. The first kappa shape index (κ1) is 15.9. The van der Waals surface area contributed by atoms with Crippen LogP contribution in [-0.2, 0) is 10.0 Å². The summed E-state index contributed by atoms with van der Waals surface area (Å²) >= 11 is 7.23. The molecule has 0 aliphatic carbocycles. The van der Waals surface area contributed by atoms with Gasteiger partial charge in [-0.2, -0.15) is 0 Å². The molecule has 0 fully saturated rings. The lowest BCUT2D eigenvalue weighted by Gasteiger charge is -2.12. The number of rotatable bonds is 8. The van der Waals surface area contributed by atoms with E-state index in [9.17, 15) is 8.42 Å². The monoisotopic (exact) mass is 310 g/mol. The fraction of sp³-hybridized carbons (Fsp3) is 0.636. The van der Waals surface area contributed by atoms with Gasteiger partial charge in [0.2, 0.25) is 10.0 Å². The summed E-state index contributed by atoms with van der Waals surface area (Å²) in [4.78, 5) is 0.929. The van der Waals surface area contributed by atoms with Gasteiger partial charge in [-0.3, -0.25) is 0 Å². The predicted molar refractivity (Wildman–Crippen MR) is 77.8 cm³/mol. The Morgan fingerprint density at radius 1 is 1.39 bits per heavy atom. The Morgan fingerprint density at radius 3 is 2.67 bits per heavy atom. The number of sulfonamides is 1. The normalized spacial score (nSPS) is 13.7. The fourth-order valence-electron chi connectivity index (χ4n) is 1.54. The van der Waals surface area contributed by atoms with Gasteiger partial charge in [0.25, 0.3) is 0 Å². The minimum absolute atomic E-state index is 0.165. The maximum atomic E-state index is 11.8. The predicted octanol–water partition coefficient (Wildman–Crippen LogP) is 2.38. The van der Waals surface area contributed by atoms with Crippen LogP contribution < -0.4 is 10.0 Å². The van der Waals surface area contributed by atoms with E-state index in [1.54, 1.807) is 6.07 Å². The molecule has 0 aliphatic heterocycles. The van der Waals surface area contributed by atoms with Crippen molar-refractivity contribution in [1.82, 2.24) is 10.0 Å². The van der Waals surface area contributed by atoms with Crippen LogP contribution in [0.2, 0.25) is 4.34 Å². The quantitative estimate of drug-likeness (QED) is 0.725. The largest absolute Gasteiger partial charge is 0.320 e. The zero-order valence-corrected chi connectivity index (χ0v) is 13.0. The molecule has 104 valence electrons. The van der Waals surface area contributed by atoms with Gasteiger partial charge < -0.3 is 5.32 Å². The number of unbranched alkanes of at least 4 members (excludes halogenated alkanes) is 1. The zero-order valence-electron chi connectivity index (χ0n) is 10.6. The molecule has 0 amide bonds. The van der Waals surface area contributed by atoms with Crippen molar-refractivity contribution < 1.29 is 8.42 Å². The molecule has 1 aromatic rings. The van der Waals surface area contributed by atoms with Crippen molar-refractivity contribution in [3.8, 4) is 0 Å². The molecule has 0 radical (unpaired) electrons. The Labute approximate surface area is 118 Å². The third kappa shape index (κ3) is 5.67. The third-order valence-electron chi connectivity index (χ3n) is 2.47. The van der Waals surface area contributed by atoms with Crippen LogP contribution in [0.5, 0.6) is 0 Å². The fourth-order valence-corrected chi connectivity index (χ4v) is 4.05. The lowest BCUT2D eigenvalue weighted by atomic mass is 10.3.